The zero-order valence-electron chi connectivity index (χ0n) is 17.6. The highest BCUT2D eigenvalue weighted by atomic mass is 19.2. The highest BCUT2D eigenvalue weighted by Crippen LogP contribution is 2.36. The lowest BCUT2D eigenvalue weighted by atomic mass is 9.96. The van der Waals surface area contributed by atoms with Gasteiger partial charge in [-0.05, 0) is 37.8 Å². The lowest BCUT2D eigenvalue weighted by Crippen LogP contribution is -2.28. The van der Waals surface area contributed by atoms with Gasteiger partial charge in [0, 0.05) is 29.4 Å². The van der Waals surface area contributed by atoms with Crippen molar-refractivity contribution in [2.45, 2.75) is 58.2 Å². The molecule has 3 rings (SSSR count). The summed E-state index contributed by atoms with van der Waals surface area (Å²) in [6.07, 6.45) is 3.47. The molecule has 2 aromatic rings. The summed E-state index contributed by atoms with van der Waals surface area (Å²) in [4.78, 5) is 0. The Kier molecular flexibility index (Phi) is 8.16. The Morgan fingerprint density at radius 3 is 2.40 bits per heavy atom. The number of rotatable bonds is 9. The SMILES string of the molecule is CCCCOc1ccc(-c2ccc(C3CCC(OCCC)CO3)c(F)c2F)c(F)c1. The molecule has 0 N–H and O–H groups in total. The minimum absolute atomic E-state index is 0.00150. The van der Waals surface area contributed by atoms with Crippen LogP contribution in [-0.2, 0) is 9.47 Å². The summed E-state index contributed by atoms with van der Waals surface area (Å²) in [6, 6.07) is 7.08. The summed E-state index contributed by atoms with van der Waals surface area (Å²) in [6.45, 7) is 5.55. The molecular weight excluding hydrogens is 393 g/mol. The second-order valence-corrected chi connectivity index (χ2v) is 7.57. The van der Waals surface area contributed by atoms with Crippen molar-refractivity contribution in [2.75, 3.05) is 19.8 Å². The molecule has 0 amide bonds. The van der Waals surface area contributed by atoms with E-state index in [9.17, 15) is 13.2 Å². The molecular formula is C24H29F3O3. The van der Waals surface area contributed by atoms with Crippen molar-refractivity contribution in [1.82, 2.24) is 0 Å². The molecule has 1 aliphatic heterocycles. The average molecular weight is 422 g/mol. The first-order valence-corrected chi connectivity index (χ1v) is 10.7. The van der Waals surface area contributed by atoms with Gasteiger partial charge in [0.25, 0.3) is 0 Å². The van der Waals surface area contributed by atoms with E-state index in [-0.39, 0.29) is 22.8 Å². The molecule has 0 aromatic heterocycles. The summed E-state index contributed by atoms with van der Waals surface area (Å²) < 4.78 is 61.0. The van der Waals surface area contributed by atoms with E-state index < -0.39 is 23.6 Å². The van der Waals surface area contributed by atoms with Crippen molar-refractivity contribution in [1.29, 1.82) is 0 Å². The summed E-state index contributed by atoms with van der Waals surface area (Å²) in [5.74, 6) is -2.34. The van der Waals surface area contributed by atoms with Gasteiger partial charge >= 0.3 is 0 Å². The maximum absolute atomic E-state index is 14.8. The van der Waals surface area contributed by atoms with E-state index in [2.05, 4.69) is 0 Å². The smallest absolute Gasteiger partial charge is 0.167 e. The summed E-state index contributed by atoms with van der Waals surface area (Å²) in [5.41, 5.74) is 0.0392. The van der Waals surface area contributed by atoms with Crippen molar-refractivity contribution in [3.63, 3.8) is 0 Å². The van der Waals surface area contributed by atoms with E-state index >= 15 is 0 Å². The van der Waals surface area contributed by atoms with Gasteiger partial charge in [0.1, 0.15) is 11.6 Å². The largest absolute Gasteiger partial charge is 0.493 e. The number of halogens is 3. The average Bonchev–Trinajstić information content (AvgIpc) is 2.75. The van der Waals surface area contributed by atoms with Crippen LogP contribution in [0.25, 0.3) is 11.1 Å². The summed E-state index contributed by atoms with van der Waals surface area (Å²) in [5, 5.41) is 0. The molecule has 3 nitrogen and oxygen atoms in total. The van der Waals surface area contributed by atoms with Crippen molar-refractivity contribution < 1.29 is 27.4 Å². The number of unbranched alkanes of at least 4 members (excludes halogenated alkanes) is 1. The van der Waals surface area contributed by atoms with Gasteiger partial charge in [0.05, 0.1) is 25.4 Å². The van der Waals surface area contributed by atoms with E-state index in [1.165, 1.54) is 24.3 Å². The van der Waals surface area contributed by atoms with Crippen LogP contribution in [0, 0.1) is 17.5 Å². The normalized spacial score (nSPS) is 19.1. The van der Waals surface area contributed by atoms with Crippen LogP contribution in [0.15, 0.2) is 30.3 Å². The molecule has 1 saturated heterocycles. The van der Waals surface area contributed by atoms with E-state index in [0.29, 0.717) is 32.0 Å². The monoisotopic (exact) mass is 422 g/mol. The third-order valence-electron chi connectivity index (χ3n) is 5.25. The van der Waals surface area contributed by atoms with Gasteiger partial charge in [-0.25, -0.2) is 13.2 Å². The number of ether oxygens (including phenoxy) is 3. The van der Waals surface area contributed by atoms with Crippen LogP contribution in [0.3, 0.4) is 0 Å². The molecule has 30 heavy (non-hydrogen) atoms. The van der Waals surface area contributed by atoms with Gasteiger partial charge in [-0.1, -0.05) is 32.4 Å². The second kappa shape index (κ2) is 10.8. The molecule has 0 aliphatic carbocycles. The van der Waals surface area contributed by atoms with Crippen LogP contribution >= 0.6 is 0 Å². The van der Waals surface area contributed by atoms with Crippen molar-refractivity contribution >= 4 is 0 Å². The van der Waals surface area contributed by atoms with Gasteiger partial charge in [0.15, 0.2) is 11.6 Å². The van der Waals surface area contributed by atoms with Crippen LogP contribution in [0.4, 0.5) is 13.2 Å². The van der Waals surface area contributed by atoms with Crippen LogP contribution in [-0.4, -0.2) is 25.9 Å². The van der Waals surface area contributed by atoms with Gasteiger partial charge in [-0.2, -0.15) is 0 Å². The third kappa shape index (κ3) is 5.35. The summed E-state index contributed by atoms with van der Waals surface area (Å²) >= 11 is 0. The van der Waals surface area contributed by atoms with E-state index in [1.807, 2.05) is 13.8 Å². The predicted octanol–water partition coefficient (Wildman–Crippen LogP) is 6.60. The molecule has 1 heterocycles. The van der Waals surface area contributed by atoms with Gasteiger partial charge in [-0.3, -0.25) is 0 Å². The molecule has 0 spiro atoms. The molecule has 2 atom stereocenters. The van der Waals surface area contributed by atoms with Gasteiger partial charge in [0.2, 0.25) is 0 Å². The molecule has 2 unspecified atom stereocenters. The first kappa shape index (κ1) is 22.6. The molecule has 0 radical (unpaired) electrons. The standard InChI is InChI=1S/C24H29F3O3/c1-3-5-13-29-16-6-8-18(21(25)14-16)19-9-10-20(24(27)23(19)26)22-11-7-17(15-30-22)28-12-4-2/h6,8-10,14,17,22H,3-5,7,11-13,15H2,1-2H3. The van der Waals surface area contributed by atoms with Crippen molar-refractivity contribution in [3.8, 4) is 16.9 Å². The Balaban J connectivity index is 1.74. The van der Waals surface area contributed by atoms with Gasteiger partial charge < -0.3 is 14.2 Å². The topological polar surface area (TPSA) is 27.7 Å². The fraction of sp³-hybridized carbons (Fsp3) is 0.500. The van der Waals surface area contributed by atoms with Crippen LogP contribution in [0.1, 0.15) is 57.6 Å². The fourth-order valence-corrected chi connectivity index (χ4v) is 3.55. The third-order valence-corrected chi connectivity index (χ3v) is 5.25. The van der Waals surface area contributed by atoms with Crippen LogP contribution in [0.2, 0.25) is 0 Å². The molecule has 6 heteroatoms. The Morgan fingerprint density at radius 2 is 1.73 bits per heavy atom. The molecule has 164 valence electrons. The highest BCUT2D eigenvalue weighted by Gasteiger charge is 2.28. The Labute approximate surface area is 176 Å². The zero-order valence-corrected chi connectivity index (χ0v) is 17.6. The second-order valence-electron chi connectivity index (χ2n) is 7.57. The van der Waals surface area contributed by atoms with E-state index in [0.717, 1.165) is 25.7 Å². The maximum atomic E-state index is 14.8. The zero-order chi connectivity index (χ0) is 21.5. The first-order valence-electron chi connectivity index (χ1n) is 10.7. The Hall–Kier alpha value is -2.05. The number of hydrogen-bond acceptors (Lipinski definition) is 3. The molecule has 2 aromatic carbocycles. The van der Waals surface area contributed by atoms with Gasteiger partial charge in [-0.15, -0.1) is 0 Å². The maximum Gasteiger partial charge on any atom is 0.167 e. The Morgan fingerprint density at radius 1 is 0.933 bits per heavy atom. The number of hydrogen-bond donors (Lipinski definition) is 0. The predicted molar refractivity (Wildman–Crippen MR) is 110 cm³/mol. The lowest BCUT2D eigenvalue weighted by molar-refractivity contribution is -0.0875. The molecule has 1 fully saturated rings. The summed E-state index contributed by atoms with van der Waals surface area (Å²) in [7, 11) is 0. The fourth-order valence-electron chi connectivity index (χ4n) is 3.55. The van der Waals surface area contributed by atoms with E-state index in [4.69, 9.17) is 14.2 Å². The quantitative estimate of drug-likeness (QED) is 0.426. The Bertz CT molecular complexity index is 833. The van der Waals surface area contributed by atoms with Crippen LogP contribution in [0.5, 0.6) is 5.75 Å². The molecule has 1 aliphatic rings. The first-order chi connectivity index (χ1) is 14.5. The van der Waals surface area contributed by atoms with Crippen molar-refractivity contribution in [2.24, 2.45) is 0 Å². The van der Waals surface area contributed by atoms with Crippen molar-refractivity contribution in [3.05, 3.63) is 53.3 Å². The molecule has 0 bridgehead atoms. The molecule has 0 saturated carbocycles. The van der Waals surface area contributed by atoms with Crippen LogP contribution < -0.4 is 4.74 Å². The highest BCUT2D eigenvalue weighted by molar-refractivity contribution is 5.66. The number of benzene rings is 2. The van der Waals surface area contributed by atoms with E-state index in [1.54, 1.807) is 6.07 Å². The minimum atomic E-state index is -1.07. The lowest BCUT2D eigenvalue weighted by Gasteiger charge is -2.29. The minimum Gasteiger partial charge on any atom is -0.493 e.